The average Bonchev–Trinajstić information content (AvgIpc) is 2.93. The van der Waals surface area contributed by atoms with Gasteiger partial charge in [-0.2, -0.15) is 5.26 Å². The van der Waals surface area contributed by atoms with Crippen LogP contribution in [0.2, 0.25) is 0 Å². The number of hydrogen-bond donors (Lipinski definition) is 1. The summed E-state index contributed by atoms with van der Waals surface area (Å²) >= 11 is 0. The van der Waals surface area contributed by atoms with Crippen LogP contribution in [0.4, 0.5) is 0 Å². The number of aromatic nitrogens is 2. The summed E-state index contributed by atoms with van der Waals surface area (Å²) in [5, 5.41) is 12.4. The third kappa shape index (κ3) is 3.99. The molecule has 6 nitrogen and oxygen atoms in total. The van der Waals surface area contributed by atoms with Crippen molar-refractivity contribution < 1.29 is 9.53 Å². The van der Waals surface area contributed by atoms with E-state index in [1.807, 2.05) is 50.4 Å². The van der Waals surface area contributed by atoms with Crippen molar-refractivity contribution in [3.8, 4) is 11.8 Å². The molecule has 0 saturated heterocycles. The minimum atomic E-state index is -0.124. The average molecular weight is 386 g/mol. The van der Waals surface area contributed by atoms with Gasteiger partial charge >= 0.3 is 0 Å². The Morgan fingerprint density at radius 3 is 2.97 bits per heavy atom. The van der Waals surface area contributed by atoms with Crippen molar-refractivity contribution in [1.82, 2.24) is 14.9 Å². The summed E-state index contributed by atoms with van der Waals surface area (Å²) in [4.78, 5) is 17.1. The van der Waals surface area contributed by atoms with Gasteiger partial charge in [-0.15, -0.1) is 0 Å². The van der Waals surface area contributed by atoms with Crippen molar-refractivity contribution >= 4 is 5.91 Å². The van der Waals surface area contributed by atoms with Gasteiger partial charge in [-0.25, -0.2) is 4.98 Å². The SMILES string of the molecule is Cc1ccc2cc1C(=O)NCCc1cnc(C)n1CC1=CC=C(C#N)CC(=C1)O2. The van der Waals surface area contributed by atoms with Crippen LogP contribution in [0, 0.1) is 25.2 Å². The largest absolute Gasteiger partial charge is 0.461 e. The van der Waals surface area contributed by atoms with Gasteiger partial charge in [0.15, 0.2) is 0 Å². The number of amides is 1. The van der Waals surface area contributed by atoms with E-state index in [1.165, 1.54) is 0 Å². The molecular formula is C23H22N4O2. The van der Waals surface area contributed by atoms with E-state index in [4.69, 9.17) is 4.74 Å². The van der Waals surface area contributed by atoms with Crippen molar-refractivity contribution in [1.29, 1.82) is 5.26 Å². The lowest BCUT2D eigenvalue weighted by Crippen LogP contribution is -2.27. The standard InChI is InChI=1S/C23H22N4O2/c1-15-3-6-20-11-22(15)23(28)25-8-7-19-13-26-16(2)27(19)14-18-5-4-17(12-24)9-21(10-18)29-20/h3-6,10-11,13H,7-9,14H2,1-2H3,(H,25,28). The number of allylic oxidation sites excluding steroid dienone is 5. The van der Waals surface area contributed by atoms with E-state index in [2.05, 4.69) is 20.9 Å². The van der Waals surface area contributed by atoms with Gasteiger partial charge in [0.2, 0.25) is 0 Å². The maximum atomic E-state index is 12.7. The second kappa shape index (κ2) is 7.80. The smallest absolute Gasteiger partial charge is 0.251 e. The van der Waals surface area contributed by atoms with Gasteiger partial charge in [0.25, 0.3) is 5.91 Å². The molecule has 1 aromatic carbocycles. The summed E-state index contributed by atoms with van der Waals surface area (Å²) in [5.41, 5.74) is 4.18. The first kappa shape index (κ1) is 18.8. The minimum absolute atomic E-state index is 0.124. The topological polar surface area (TPSA) is 79.9 Å². The molecule has 1 aromatic heterocycles. The van der Waals surface area contributed by atoms with Crippen molar-refractivity contribution in [2.45, 2.75) is 33.2 Å². The fourth-order valence-electron chi connectivity index (χ4n) is 3.57. The molecule has 0 saturated carbocycles. The van der Waals surface area contributed by atoms with Crippen LogP contribution in [0.1, 0.15) is 33.9 Å². The van der Waals surface area contributed by atoms with E-state index in [-0.39, 0.29) is 5.91 Å². The third-order valence-electron chi connectivity index (χ3n) is 5.20. The molecule has 6 heteroatoms. The van der Waals surface area contributed by atoms with Crippen molar-refractivity contribution in [3.05, 3.63) is 82.2 Å². The quantitative estimate of drug-likeness (QED) is 0.751. The molecule has 146 valence electrons. The van der Waals surface area contributed by atoms with Crippen molar-refractivity contribution in [2.24, 2.45) is 0 Å². The zero-order valence-electron chi connectivity index (χ0n) is 16.5. The normalized spacial score (nSPS) is 16.6. The number of carbonyl (C=O) groups excluding carboxylic acids is 1. The lowest BCUT2D eigenvalue weighted by molar-refractivity contribution is 0.0953. The predicted molar refractivity (Wildman–Crippen MR) is 109 cm³/mol. The summed E-state index contributed by atoms with van der Waals surface area (Å²) in [6.45, 7) is 5.01. The Kier molecular flexibility index (Phi) is 5.05. The highest BCUT2D eigenvalue weighted by Crippen LogP contribution is 2.26. The number of nitriles is 1. The zero-order chi connectivity index (χ0) is 20.4. The van der Waals surface area contributed by atoms with Crippen molar-refractivity contribution in [2.75, 3.05) is 6.54 Å². The molecule has 1 aliphatic carbocycles. The van der Waals surface area contributed by atoms with Crippen LogP contribution in [-0.4, -0.2) is 22.0 Å². The molecule has 29 heavy (non-hydrogen) atoms. The van der Waals surface area contributed by atoms with Crippen LogP contribution < -0.4 is 10.1 Å². The molecule has 4 rings (SSSR count). The molecule has 0 atom stereocenters. The molecule has 0 unspecified atom stereocenters. The zero-order valence-corrected chi connectivity index (χ0v) is 16.5. The van der Waals surface area contributed by atoms with Crippen LogP contribution >= 0.6 is 0 Å². The van der Waals surface area contributed by atoms with E-state index in [0.717, 1.165) is 22.7 Å². The molecule has 0 radical (unpaired) electrons. The highest BCUT2D eigenvalue weighted by atomic mass is 16.5. The van der Waals surface area contributed by atoms with Gasteiger partial charge in [0, 0.05) is 49.0 Å². The number of benzene rings is 1. The number of rotatable bonds is 0. The van der Waals surface area contributed by atoms with Gasteiger partial charge in [-0.05, 0) is 49.3 Å². The number of ether oxygens (including phenoxy) is 1. The van der Waals surface area contributed by atoms with Crippen LogP contribution in [0.5, 0.6) is 5.75 Å². The van der Waals surface area contributed by atoms with Crippen LogP contribution in [0.15, 0.2) is 59.5 Å². The summed E-state index contributed by atoms with van der Waals surface area (Å²) in [6, 6.07) is 7.72. The summed E-state index contributed by atoms with van der Waals surface area (Å²) < 4.78 is 8.24. The Balaban J connectivity index is 1.80. The highest BCUT2D eigenvalue weighted by Gasteiger charge is 2.16. The van der Waals surface area contributed by atoms with E-state index in [1.54, 1.807) is 6.07 Å². The summed E-state index contributed by atoms with van der Waals surface area (Å²) in [5.74, 6) is 2.04. The van der Waals surface area contributed by atoms with Crippen LogP contribution in [-0.2, 0) is 13.0 Å². The second-order valence-electron chi connectivity index (χ2n) is 7.30. The Hall–Kier alpha value is -3.59. The summed E-state index contributed by atoms with van der Waals surface area (Å²) in [7, 11) is 0. The Morgan fingerprint density at radius 2 is 2.14 bits per heavy atom. The summed E-state index contributed by atoms with van der Waals surface area (Å²) in [6.07, 6.45) is 8.74. The molecule has 2 aliphatic rings. The van der Waals surface area contributed by atoms with E-state index in [9.17, 15) is 10.1 Å². The molecular weight excluding hydrogens is 364 g/mol. The van der Waals surface area contributed by atoms with E-state index < -0.39 is 0 Å². The van der Waals surface area contributed by atoms with Gasteiger partial charge in [0.1, 0.15) is 17.3 Å². The molecule has 0 spiro atoms. The molecule has 0 fully saturated rings. The number of aryl methyl sites for hydroxylation is 2. The molecule has 2 aromatic rings. The van der Waals surface area contributed by atoms with Gasteiger partial charge in [-0.1, -0.05) is 12.1 Å². The van der Waals surface area contributed by atoms with E-state index >= 15 is 0 Å². The van der Waals surface area contributed by atoms with Gasteiger partial charge in [-0.3, -0.25) is 4.79 Å². The first-order valence-electron chi connectivity index (χ1n) is 9.61. The van der Waals surface area contributed by atoms with Crippen LogP contribution in [0.25, 0.3) is 0 Å². The van der Waals surface area contributed by atoms with Crippen molar-refractivity contribution in [3.63, 3.8) is 0 Å². The first-order valence-corrected chi connectivity index (χ1v) is 9.61. The van der Waals surface area contributed by atoms with Gasteiger partial charge in [0.05, 0.1) is 6.07 Å². The number of nitrogens with zero attached hydrogens (tertiary/aromatic N) is 3. The maximum Gasteiger partial charge on any atom is 0.251 e. The number of hydrogen-bond acceptors (Lipinski definition) is 4. The Morgan fingerprint density at radius 1 is 1.28 bits per heavy atom. The predicted octanol–water partition coefficient (Wildman–Crippen LogP) is 3.53. The lowest BCUT2D eigenvalue weighted by atomic mass is 10.1. The monoisotopic (exact) mass is 386 g/mol. The maximum absolute atomic E-state index is 12.7. The second-order valence-corrected chi connectivity index (χ2v) is 7.30. The molecule has 1 N–H and O–H groups in total. The number of imidazole rings is 1. The fraction of sp³-hybridized carbons (Fsp3) is 0.261. The number of nitrogens with one attached hydrogen (secondary N) is 1. The Bertz CT molecular complexity index is 1110. The Labute approximate surface area is 169 Å². The number of fused-ring (bicyclic) bond motifs is 4. The van der Waals surface area contributed by atoms with Gasteiger partial charge < -0.3 is 14.6 Å². The minimum Gasteiger partial charge on any atom is -0.461 e. The first-order chi connectivity index (χ1) is 14.0. The fourth-order valence-corrected chi connectivity index (χ4v) is 3.57. The van der Waals surface area contributed by atoms with Crippen LogP contribution in [0.3, 0.4) is 0 Å². The number of carbonyl (C=O) groups is 1. The molecule has 2 heterocycles. The van der Waals surface area contributed by atoms with E-state index in [0.29, 0.717) is 48.6 Å². The third-order valence-corrected chi connectivity index (χ3v) is 5.20. The molecule has 4 bridgehead atoms. The lowest BCUT2D eigenvalue weighted by Gasteiger charge is -2.16. The molecule has 1 aliphatic heterocycles. The highest BCUT2D eigenvalue weighted by molar-refractivity contribution is 5.96. The molecule has 1 amide bonds.